The molecule has 1 aromatic carbocycles. The van der Waals surface area contributed by atoms with Gasteiger partial charge in [-0.25, -0.2) is 0 Å². The molecule has 1 saturated carbocycles. The molecule has 1 N–H and O–H groups in total. The maximum absolute atomic E-state index is 5.96. The molecule has 0 heterocycles. The van der Waals surface area contributed by atoms with E-state index in [0.29, 0.717) is 0 Å². The zero-order valence-electron chi connectivity index (χ0n) is 10.8. The highest BCUT2D eigenvalue weighted by atomic mass is 35.5. The Morgan fingerprint density at radius 2 is 2.06 bits per heavy atom. The lowest BCUT2D eigenvalue weighted by Crippen LogP contribution is -2.26. The van der Waals surface area contributed by atoms with Crippen LogP contribution in [0, 0.1) is 5.92 Å². The van der Waals surface area contributed by atoms with Crippen LogP contribution in [0.2, 0.25) is 5.02 Å². The van der Waals surface area contributed by atoms with Gasteiger partial charge in [-0.15, -0.1) is 11.8 Å². The van der Waals surface area contributed by atoms with E-state index < -0.39 is 0 Å². The molecule has 0 unspecified atom stereocenters. The van der Waals surface area contributed by atoms with Crippen molar-refractivity contribution in [2.75, 3.05) is 18.8 Å². The van der Waals surface area contributed by atoms with E-state index in [2.05, 4.69) is 11.4 Å². The Hall–Kier alpha value is -0.180. The topological polar surface area (TPSA) is 12.0 Å². The van der Waals surface area contributed by atoms with Crippen LogP contribution in [-0.2, 0) is 0 Å². The van der Waals surface area contributed by atoms with Crippen LogP contribution in [0.1, 0.15) is 32.1 Å². The summed E-state index contributed by atoms with van der Waals surface area (Å²) < 4.78 is 0. The number of halogens is 1. The molecule has 100 valence electrons. The summed E-state index contributed by atoms with van der Waals surface area (Å²) in [7, 11) is 0. The van der Waals surface area contributed by atoms with Gasteiger partial charge >= 0.3 is 0 Å². The van der Waals surface area contributed by atoms with Gasteiger partial charge in [-0.1, -0.05) is 36.9 Å². The maximum Gasteiger partial charge on any atom is 0.0417 e. The van der Waals surface area contributed by atoms with Crippen molar-refractivity contribution < 1.29 is 0 Å². The first kappa shape index (κ1) is 14.2. The SMILES string of the molecule is Clc1cccc(SCCNCC2CCCCC2)c1. The Labute approximate surface area is 120 Å². The second kappa shape index (κ2) is 8.08. The quantitative estimate of drug-likeness (QED) is 0.605. The van der Waals surface area contributed by atoms with Gasteiger partial charge in [-0.2, -0.15) is 0 Å². The molecular weight excluding hydrogens is 262 g/mol. The molecule has 0 bridgehead atoms. The average Bonchev–Trinajstić information content (AvgIpc) is 2.40. The van der Waals surface area contributed by atoms with Crippen LogP contribution in [0.3, 0.4) is 0 Å². The molecular formula is C15H22ClNS. The van der Waals surface area contributed by atoms with Gasteiger partial charge in [0, 0.05) is 22.2 Å². The van der Waals surface area contributed by atoms with Gasteiger partial charge in [0.25, 0.3) is 0 Å². The summed E-state index contributed by atoms with van der Waals surface area (Å²) in [4.78, 5) is 1.27. The molecule has 0 spiro atoms. The number of hydrogen-bond donors (Lipinski definition) is 1. The highest BCUT2D eigenvalue weighted by Crippen LogP contribution is 2.23. The monoisotopic (exact) mass is 283 g/mol. The van der Waals surface area contributed by atoms with Crippen LogP contribution in [0.5, 0.6) is 0 Å². The molecule has 0 saturated heterocycles. The summed E-state index contributed by atoms with van der Waals surface area (Å²) in [5.74, 6) is 2.04. The second-order valence-corrected chi connectivity index (χ2v) is 6.62. The van der Waals surface area contributed by atoms with E-state index in [1.54, 1.807) is 0 Å². The maximum atomic E-state index is 5.96. The van der Waals surface area contributed by atoms with Crippen molar-refractivity contribution in [2.45, 2.75) is 37.0 Å². The van der Waals surface area contributed by atoms with Crippen molar-refractivity contribution in [3.63, 3.8) is 0 Å². The first-order valence-corrected chi connectivity index (χ1v) is 8.30. The number of rotatable bonds is 6. The molecule has 1 aliphatic carbocycles. The average molecular weight is 284 g/mol. The summed E-state index contributed by atoms with van der Waals surface area (Å²) in [6.07, 6.45) is 7.16. The molecule has 18 heavy (non-hydrogen) atoms. The lowest BCUT2D eigenvalue weighted by atomic mass is 9.89. The zero-order chi connectivity index (χ0) is 12.6. The third-order valence-corrected chi connectivity index (χ3v) is 4.73. The number of benzene rings is 1. The van der Waals surface area contributed by atoms with Crippen molar-refractivity contribution in [1.29, 1.82) is 0 Å². The fraction of sp³-hybridized carbons (Fsp3) is 0.600. The number of hydrogen-bond acceptors (Lipinski definition) is 2. The smallest absolute Gasteiger partial charge is 0.0417 e. The first-order valence-electron chi connectivity index (χ1n) is 6.94. The van der Waals surface area contributed by atoms with Crippen LogP contribution in [-0.4, -0.2) is 18.8 Å². The van der Waals surface area contributed by atoms with E-state index in [-0.39, 0.29) is 0 Å². The standard InChI is InChI=1S/C15H22ClNS/c16-14-7-4-8-15(11-14)18-10-9-17-12-13-5-2-1-3-6-13/h4,7-8,11,13,17H,1-3,5-6,9-10,12H2. The zero-order valence-corrected chi connectivity index (χ0v) is 12.4. The minimum Gasteiger partial charge on any atom is -0.316 e. The lowest BCUT2D eigenvalue weighted by molar-refractivity contribution is 0.345. The van der Waals surface area contributed by atoms with Crippen LogP contribution < -0.4 is 5.32 Å². The molecule has 1 nitrogen and oxygen atoms in total. The normalized spacial score (nSPS) is 16.9. The highest BCUT2D eigenvalue weighted by Gasteiger charge is 2.12. The van der Waals surface area contributed by atoms with E-state index in [0.717, 1.165) is 23.2 Å². The fourth-order valence-electron chi connectivity index (χ4n) is 2.50. The van der Waals surface area contributed by atoms with Crippen molar-refractivity contribution in [1.82, 2.24) is 5.32 Å². The van der Waals surface area contributed by atoms with Crippen molar-refractivity contribution in [3.05, 3.63) is 29.3 Å². The molecule has 1 aliphatic rings. The number of nitrogens with one attached hydrogen (secondary N) is 1. The Kier molecular flexibility index (Phi) is 6.39. The molecule has 0 amide bonds. The van der Waals surface area contributed by atoms with Gasteiger partial charge in [-0.3, -0.25) is 0 Å². The predicted molar refractivity (Wildman–Crippen MR) is 81.6 cm³/mol. The Balaban J connectivity index is 1.55. The van der Waals surface area contributed by atoms with Gasteiger partial charge in [-0.05, 0) is 43.5 Å². The summed E-state index contributed by atoms with van der Waals surface area (Å²) in [6.45, 7) is 2.30. The second-order valence-electron chi connectivity index (χ2n) is 5.01. The van der Waals surface area contributed by atoms with Gasteiger partial charge in [0.05, 0.1) is 0 Å². The largest absolute Gasteiger partial charge is 0.316 e. The lowest BCUT2D eigenvalue weighted by Gasteiger charge is -2.21. The third kappa shape index (κ3) is 5.21. The highest BCUT2D eigenvalue weighted by molar-refractivity contribution is 7.99. The molecule has 3 heteroatoms. The summed E-state index contributed by atoms with van der Waals surface area (Å²) in [6, 6.07) is 8.10. The first-order chi connectivity index (χ1) is 8.84. The van der Waals surface area contributed by atoms with Crippen LogP contribution in [0.4, 0.5) is 0 Å². The molecule has 0 atom stereocenters. The van der Waals surface area contributed by atoms with Crippen molar-refractivity contribution in [3.8, 4) is 0 Å². The molecule has 1 fully saturated rings. The minimum atomic E-state index is 0.829. The Morgan fingerprint density at radius 1 is 1.22 bits per heavy atom. The Morgan fingerprint density at radius 3 is 2.83 bits per heavy atom. The summed E-state index contributed by atoms with van der Waals surface area (Å²) in [5.41, 5.74) is 0. The number of thioether (sulfide) groups is 1. The fourth-order valence-corrected chi connectivity index (χ4v) is 3.62. The molecule has 0 radical (unpaired) electrons. The third-order valence-electron chi connectivity index (χ3n) is 3.50. The predicted octanol–water partition coefficient (Wildman–Crippen LogP) is 4.60. The van der Waals surface area contributed by atoms with Gasteiger partial charge in [0.1, 0.15) is 0 Å². The van der Waals surface area contributed by atoms with Gasteiger partial charge in [0.2, 0.25) is 0 Å². The van der Waals surface area contributed by atoms with Crippen LogP contribution >= 0.6 is 23.4 Å². The van der Waals surface area contributed by atoms with E-state index in [1.165, 1.54) is 43.5 Å². The van der Waals surface area contributed by atoms with E-state index in [9.17, 15) is 0 Å². The minimum absolute atomic E-state index is 0.829. The van der Waals surface area contributed by atoms with E-state index in [4.69, 9.17) is 11.6 Å². The summed E-state index contributed by atoms with van der Waals surface area (Å²) in [5, 5.41) is 4.42. The van der Waals surface area contributed by atoms with Gasteiger partial charge < -0.3 is 5.32 Å². The Bertz CT molecular complexity index is 350. The van der Waals surface area contributed by atoms with Crippen molar-refractivity contribution in [2.24, 2.45) is 5.92 Å². The van der Waals surface area contributed by atoms with Crippen molar-refractivity contribution >= 4 is 23.4 Å². The van der Waals surface area contributed by atoms with Gasteiger partial charge in [0.15, 0.2) is 0 Å². The van der Waals surface area contributed by atoms with Crippen LogP contribution in [0.15, 0.2) is 29.2 Å². The van der Waals surface area contributed by atoms with E-state index >= 15 is 0 Å². The van der Waals surface area contributed by atoms with Crippen LogP contribution in [0.25, 0.3) is 0 Å². The van der Waals surface area contributed by atoms with E-state index in [1.807, 2.05) is 30.0 Å². The molecule has 0 aromatic heterocycles. The summed E-state index contributed by atoms with van der Waals surface area (Å²) >= 11 is 7.83. The molecule has 1 aromatic rings. The molecule has 0 aliphatic heterocycles. The molecule has 2 rings (SSSR count).